The maximum atomic E-state index is 10.9. The number of hydrogen-bond acceptors (Lipinski definition) is 5. The van der Waals surface area contributed by atoms with Crippen LogP contribution < -0.4 is 11.5 Å². The number of anilines is 2. The summed E-state index contributed by atoms with van der Waals surface area (Å²) in [5, 5.41) is 32.8. The first kappa shape index (κ1) is 21.2. The Balaban J connectivity index is 1.51. The number of hydrogen-bond donors (Lipinski definition) is 5. The lowest BCUT2D eigenvalue weighted by Crippen LogP contribution is -2.50. The molecule has 5 heteroatoms. The summed E-state index contributed by atoms with van der Waals surface area (Å²) in [5.41, 5.74) is 15.5. The van der Waals surface area contributed by atoms with E-state index in [4.69, 9.17) is 11.5 Å². The van der Waals surface area contributed by atoms with Gasteiger partial charge in [-0.1, -0.05) is 50.1 Å². The van der Waals surface area contributed by atoms with Crippen molar-refractivity contribution in [1.82, 2.24) is 0 Å². The zero-order valence-electron chi connectivity index (χ0n) is 17.7. The normalized spacial score (nSPS) is 31.4. The number of nitrogens with two attached hydrogens (primary N) is 2. The van der Waals surface area contributed by atoms with E-state index in [1.54, 1.807) is 6.07 Å². The molecule has 162 valence electrons. The lowest BCUT2D eigenvalue weighted by molar-refractivity contribution is -0.231. The molecule has 2 fully saturated rings. The summed E-state index contributed by atoms with van der Waals surface area (Å²) in [4.78, 5) is 0. The maximum absolute atomic E-state index is 10.9. The molecule has 5 nitrogen and oxygen atoms in total. The molecule has 30 heavy (non-hydrogen) atoms. The number of nitrogen functional groups attached to an aromatic ring is 2. The van der Waals surface area contributed by atoms with Crippen LogP contribution in [0.1, 0.15) is 56.9 Å². The predicted octanol–water partition coefficient (Wildman–Crippen LogP) is 3.88. The quantitative estimate of drug-likeness (QED) is 0.389. The van der Waals surface area contributed by atoms with Crippen LogP contribution >= 0.6 is 0 Å². The second kappa shape index (κ2) is 8.22. The zero-order chi connectivity index (χ0) is 21.5. The van der Waals surface area contributed by atoms with Crippen molar-refractivity contribution in [2.24, 2.45) is 17.8 Å². The molecule has 0 radical (unpaired) electrons. The third-order valence-electron chi connectivity index (χ3n) is 7.41. The number of benzene rings is 2. The topological polar surface area (TPSA) is 113 Å². The summed E-state index contributed by atoms with van der Waals surface area (Å²) in [5.74, 6) is -1.21. The van der Waals surface area contributed by atoms with Gasteiger partial charge in [-0.25, -0.2) is 0 Å². The third-order valence-corrected chi connectivity index (χ3v) is 7.41. The molecule has 2 saturated carbocycles. The Labute approximate surface area is 178 Å². The minimum atomic E-state index is -1.90. The molecule has 2 aromatic rings. The van der Waals surface area contributed by atoms with Crippen molar-refractivity contribution < 1.29 is 15.3 Å². The minimum Gasteiger partial charge on any atom is -0.397 e. The Bertz CT molecular complexity index is 872. The first-order valence-corrected chi connectivity index (χ1v) is 11.1. The van der Waals surface area contributed by atoms with E-state index in [2.05, 4.69) is 6.92 Å². The van der Waals surface area contributed by atoms with Gasteiger partial charge >= 0.3 is 0 Å². The number of aliphatic hydroxyl groups is 3. The molecule has 0 bridgehead atoms. The van der Waals surface area contributed by atoms with Gasteiger partial charge in [-0.2, -0.15) is 0 Å². The van der Waals surface area contributed by atoms with Crippen LogP contribution in [0.4, 0.5) is 11.4 Å². The molecular formula is C25H34N2O3. The lowest BCUT2D eigenvalue weighted by Gasteiger charge is -2.46. The summed E-state index contributed by atoms with van der Waals surface area (Å²) in [7, 11) is 0. The fraction of sp³-hybridized carbons (Fsp3) is 0.520. The van der Waals surface area contributed by atoms with Crippen LogP contribution in [-0.2, 0) is 0 Å². The SMILES string of the molecule is CC1CCC(C2CC(O)C(c3ccc(-c4ccc(N)c(N)c4)cc3)C(O)(O)C2)CC1. The largest absolute Gasteiger partial charge is 0.397 e. The van der Waals surface area contributed by atoms with E-state index < -0.39 is 17.8 Å². The first-order chi connectivity index (χ1) is 14.2. The van der Waals surface area contributed by atoms with E-state index in [1.165, 1.54) is 12.8 Å². The van der Waals surface area contributed by atoms with Crippen LogP contribution in [-0.4, -0.2) is 27.2 Å². The molecule has 0 heterocycles. The van der Waals surface area contributed by atoms with Crippen LogP contribution in [0.5, 0.6) is 0 Å². The Morgan fingerprint density at radius 1 is 0.833 bits per heavy atom. The molecular weight excluding hydrogens is 376 g/mol. The molecule has 0 aliphatic heterocycles. The van der Waals surface area contributed by atoms with Gasteiger partial charge in [-0.3, -0.25) is 0 Å². The second-order valence-corrected chi connectivity index (χ2v) is 9.61. The maximum Gasteiger partial charge on any atom is 0.172 e. The summed E-state index contributed by atoms with van der Waals surface area (Å²) in [6.07, 6.45) is 4.82. The van der Waals surface area contributed by atoms with E-state index in [9.17, 15) is 15.3 Å². The van der Waals surface area contributed by atoms with E-state index in [1.807, 2.05) is 36.4 Å². The van der Waals surface area contributed by atoms with Crippen LogP contribution in [0.25, 0.3) is 11.1 Å². The molecule has 0 spiro atoms. The van der Waals surface area contributed by atoms with Gasteiger partial charge in [0.2, 0.25) is 0 Å². The van der Waals surface area contributed by atoms with Crippen molar-refractivity contribution in [3.05, 3.63) is 48.0 Å². The highest BCUT2D eigenvalue weighted by molar-refractivity contribution is 5.74. The zero-order valence-corrected chi connectivity index (χ0v) is 17.7. The Hall–Kier alpha value is -2.08. The van der Waals surface area contributed by atoms with Crippen molar-refractivity contribution in [2.75, 3.05) is 11.5 Å². The molecule has 0 saturated heterocycles. The smallest absolute Gasteiger partial charge is 0.172 e. The van der Waals surface area contributed by atoms with Gasteiger partial charge in [-0.05, 0) is 65.8 Å². The lowest BCUT2D eigenvalue weighted by atomic mass is 9.65. The monoisotopic (exact) mass is 410 g/mol. The highest BCUT2D eigenvalue weighted by Crippen LogP contribution is 2.47. The molecule has 3 unspecified atom stereocenters. The Kier molecular flexibility index (Phi) is 5.80. The molecule has 2 aliphatic carbocycles. The van der Waals surface area contributed by atoms with Gasteiger partial charge < -0.3 is 26.8 Å². The van der Waals surface area contributed by atoms with Gasteiger partial charge in [0.15, 0.2) is 5.79 Å². The van der Waals surface area contributed by atoms with Gasteiger partial charge in [0.1, 0.15) is 0 Å². The summed E-state index contributed by atoms with van der Waals surface area (Å²) >= 11 is 0. The summed E-state index contributed by atoms with van der Waals surface area (Å²) < 4.78 is 0. The Morgan fingerprint density at radius 2 is 1.47 bits per heavy atom. The van der Waals surface area contributed by atoms with Crippen molar-refractivity contribution in [2.45, 2.75) is 63.3 Å². The molecule has 7 N–H and O–H groups in total. The third kappa shape index (κ3) is 4.20. The molecule has 0 amide bonds. The Morgan fingerprint density at radius 3 is 2.07 bits per heavy atom. The average molecular weight is 411 g/mol. The summed E-state index contributed by atoms with van der Waals surface area (Å²) in [6, 6.07) is 13.1. The first-order valence-electron chi connectivity index (χ1n) is 11.1. The molecule has 2 aliphatic rings. The molecule has 4 rings (SSSR count). The standard InChI is InChI=1S/C25H34N2O3/c1-15-2-4-17(5-3-15)20-13-23(28)24(25(29,30)14-20)18-8-6-16(7-9-18)19-10-11-21(26)22(27)12-19/h6-12,15,17,20,23-24,28-30H,2-5,13-14,26-27H2,1H3. The second-order valence-electron chi connectivity index (χ2n) is 9.61. The van der Waals surface area contributed by atoms with Crippen LogP contribution in [0, 0.1) is 17.8 Å². The van der Waals surface area contributed by atoms with Crippen molar-refractivity contribution >= 4 is 11.4 Å². The minimum absolute atomic E-state index is 0.163. The fourth-order valence-corrected chi connectivity index (χ4v) is 5.59. The van der Waals surface area contributed by atoms with Crippen molar-refractivity contribution in [1.29, 1.82) is 0 Å². The highest BCUT2D eigenvalue weighted by Gasteiger charge is 2.48. The predicted molar refractivity (Wildman–Crippen MR) is 120 cm³/mol. The van der Waals surface area contributed by atoms with E-state index in [-0.39, 0.29) is 5.92 Å². The van der Waals surface area contributed by atoms with Gasteiger partial charge in [0, 0.05) is 6.42 Å². The van der Waals surface area contributed by atoms with Crippen molar-refractivity contribution in [3.63, 3.8) is 0 Å². The number of aliphatic hydroxyl groups excluding tert-OH is 1. The van der Waals surface area contributed by atoms with Crippen LogP contribution in [0.15, 0.2) is 42.5 Å². The van der Waals surface area contributed by atoms with E-state index in [0.29, 0.717) is 30.1 Å². The average Bonchev–Trinajstić information content (AvgIpc) is 2.70. The van der Waals surface area contributed by atoms with Gasteiger partial charge in [-0.15, -0.1) is 0 Å². The van der Waals surface area contributed by atoms with Gasteiger partial charge in [0.05, 0.1) is 23.4 Å². The van der Waals surface area contributed by atoms with Gasteiger partial charge in [0.25, 0.3) is 0 Å². The molecule has 0 aromatic heterocycles. The highest BCUT2D eigenvalue weighted by atomic mass is 16.5. The van der Waals surface area contributed by atoms with Crippen molar-refractivity contribution in [3.8, 4) is 11.1 Å². The van der Waals surface area contributed by atoms with Crippen LogP contribution in [0.3, 0.4) is 0 Å². The fourth-order valence-electron chi connectivity index (χ4n) is 5.59. The van der Waals surface area contributed by atoms with E-state index >= 15 is 0 Å². The van der Waals surface area contributed by atoms with E-state index in [0.717, 1.165) is 35.4 Å². The summed E-state index contributed by atoms with van der Waals surface area (Å²) in [6.45, 7) is 2.28. The molecule has 3 atom stereocenters. The number of rotatable bonds is 3. The van der Waals surface area contributed by atoms with Crippen LogP contribution in [0.2, 0.25) is 0 Å². The molecule has 2 aromatic carbocycles.